The Hall–Kier alpha value is -2.63. The summed E-state index contributed by atoms with van der Waals surface area (Å²) >= 11 is 0. The maximum absolute atomic E-state index is 12.5. The number of carbonyl (C=O) groups is 1. The molecule has 6 nitrogen and oxygen atoms in total. The van der Waals surface area contributed by atoms with Gasteiger partial charge >= 0.3 is 0 Å². The number of ether oxygens (including phenoxy) is 2. The fourth-order valence-electron chi connectivity index (χ4n) is 2.90. The summed E-state index contributed by atoms with van der Waals surface area (Å²) in [6.07, 6.45) is 5.30. The predicted molar refractivity (Wildman–Crippen MR) is 93.6 cm³/mol. The normalized spacial score (nSPS) is 15.0. The van der Waals surface area contributed by atoms with Gasteiger partial charge in [0.2, 0.25) is 11.8 Å². The zero-order valence-electron chi connectivity index (χ0n) is 14.4. The molecule has 1 aromatic carbocycles. The molecule has 1 fully saturated rings. The highest BCUT2D eigenvalue weighted by Crippen LogP contribution is 2.18. The third-order valence-electron chi connectivity index (χ3n) is 4.23. The van der Waals surface area contributed by atoms with Crippen LogP contribution in [0.25, 0.3) is 0 Å². The van der Waals surface area contributed by atoms with Crippen LogP contribution in [-0.4, -0.2) is 46.6 Å². The minimum absolute atomic E-state index is 0.101. The Labute approximate surface area is 147 Å². The van der Waals surface area contributed by atoms with Crippen LogP contribution in [0, 0.1) is 0 Å². The Morgan fingerprint density at radius 1 is 1.20 bits per heavy atom. The van der Waals surface area contributed by atoms with Gasteiger partial charge in [0.1, 0.15) is 18.2 Å². The number of aromatic nitrogens is 2. The number of hydrogen-bond acceptors (Lipinski definition) is 5. The van der Waals surface area contributed by atoms with Crippen molar-refractivity contribution in [3.05, 3.63) is 48.4 Å². The van der Waals surface area contributed by atoms with Gasteiger partial charge in [-0.1, -0.05) is 12.1 Å². The van der Waals surface area contributed by atoms with E-state index in [0.29, 0.717) is 32.0 Å². The second kappa shape index (κ2) is 8.46. The van der Waals surface area contributed by atoms with Gasteiger partial charge in [0.05, 0.1) is 13.0 Å². The van der Waals surface area contributed by atoms with Crippen LogP contribution in [0.15, 0.2) is 42.9 Å². The molecule has 1 aliphatic heterocycles. The van der Waals surface area contributed by atoms with Crippen molar-refractivity contribution in [2.75, 3.05) is 19.7 Å². The Morgan fingerprint density at radius 2 is 1.96 bits per heavy atom. The third kappa shape index (κ3) is 4.92. The summed E-state index contributed by atoms with van der Waals surface area (Å²) in [5, 5.41) is 0. The highest BCUT2D eigenvalue weighted by molar-refractivity contribution is 5.78. The summed E-state index contributed by atoms with van der Waals surface area (Å²) in [5.41, 5.74) is 1.01. The quantitative estimate of drug-likeness (QED) is 0.808. The molecular weight excluding hydrogens is 318 g/mol. The highest BCUT2D eigenvalue weighted by Gasteiger charge is 2.24. The Kier molecular flexibility index (Phi) is 5.82. The molecule has 0 atom stereocenters. The number of benzene rings is 1. The standard InChI is InChI=1S/C19H23N3O3/c1-2-24-16-5-3-15(4-6-16)13-19(23)22-11-8-17(9-12-22)25-18-7-10-20-14-21-18/h3-7,10,14,17H,2,8-9,11-13H2,1H3. The lowest BCUT2D eigenvalue weighted by Crippen LogP contribution is -2.42. The van der Waals surface area contributed by atoms with E-state index in [1.54, 1.807) is 12.3 Å². The van der Waals surface area contributed by atoms with Crippen molar-refractivity contribution in [1.82, 2.24) is 14.9 Å². The first-order valence-electron chi connectivity index (χ1n) is 8.67. The monoisotopic (exact) mass is 341 g/mol. The molecule has 1 aliphatic rings. The molecule has 0 unspecified atom stereocenters. The van der Waals surface area contributed by atoms with Gasteiger partial charge in [0, 0.05) is 38.2 Å². The van der Waals surface area contributed by atoms with Crippen LogP contribution < -0.4 is 9.47 Å². The van der Waals surface area contributed by atoms with E-state index in [1.165, 1.54) is 6.33 Å². The summed E-state index contributed by atoms with van der Waals surface area (Å²) in [7, 11) is 0. The van der Waals surface area contributed by atoms with Crippen molar-refractivity contribution in [1.29, 1.82) is 0 Å². The number of hydrogen-bond donors (Lipinski definition) is 0. The Morgan fingerprint density at radius 3 is 2.60 bits per heavy atom. The smallest absolute Gasteiger partial charge is 0.226 e. The average molecular weight is 341 g/mol. The van der Waals surface area contributed by atoms with E-state index in [9.17, 15) is 4.79 Å². The van der Waals surface area contributed by atoms with Crippen LogP contribution in [0.5, 0.6) is 11.6 Å². The van der Waals surface area contributed by atoms with E-state index >= 15 is 0 Å². The fourth-order valence-corrected chi connectivity index (χ4v) is 2.90. The van der Waals surface area contributed by atoms with Gasteiger partial charge < -0.3 is 14.4 Å². The fraction of sp³-hybridized carbons (Fsp3) is 0.421. The molecule has 0 radical (unpaired) electrons. The largest absolute Gasteiger partial charge is 0.494 e. The number of likely N-dealkylation sites (tertiary alicyclic amines) is 1. The lowest BCUT2D eigenvalue weighted by molar-refractivity contribution is -0.132. The van der Waals surface area contributed by atoms with Crippen molar-refractivity contribution in [2.24, 2.45) is 0 Å². The van der Waals surface area contributed by atoms with Gasteiger partial charge in [-0.15, -0.1) is 0 Å². The van der Waals surface area contributed by atoms with Crippen LogP contribution in [0.2, 0.25) is 0 Å². The molecule has 3 rings (SSSR count). The number of carbonyl (C=O) groups excluding carboxylic acids is 1. The van der Waals surface area contributed by atoms with Crippen LogP contribution in [0.3, 0.4) is 0 Å². The highest BCUT2D eigenvalue weighted by atomic mass is 16.5. The zero-order chi connectivity index (χ0) is 17.5. The van der Waals surface area contributed by atoms with Gasteiger partial charge in [0.15, 0.2) is 0 Å². The zero-order valence-corrected chi connectivity index (χ0v) is 14.4. The van der Waals surface area contributed by atoms with Crippen LogP contribution in [0.4, 0.5) is 0 Å². The SMILES string of the molecule is CCOc1ccc(CC(=O)N2CCC(Oc3ccncn3)CC2)cc1. The maximum Gasteiger partial charge on any atom is 0.226 e. The van der Waals surface area contributed by atoms with Crippen molar-refractivity contribution in [3.8, 4) is 11.6 Å². The summed E-state index contributed by atoms with van der Waals surface area (Å²) in [6.45, 7) is 4.02. The number of nitrogens with zero attached hydrogens (tertiary/aromatic N) is 3. The second-order valence-electron chi connectivity index (χ2n) is 6.00. The molecule has 6 heteroatoms. The van der Waals surface area contributed by atoms with Crippen LogP contribution in [0.1, 0.15) is 25.3 Å². The van der Waals surface area contributed by atoms with Crippen LogP contribution >= 0.6 is 0 Å². The number of piperidine rings is 1. The topological polar surface area (TPSA) is 64.5 Å². The summed E-state index contributed by atoms with van der Waals surface area (Å²) in [5.74, 6) is 1.58. The molecular formula is C19H23N3O3. The summed E-state index contributed by atoms with van der Waals surface area (Å²) < 4.78 is 11.3. The summed E-state index contributed by atoms with van der Waals surface area (Å²) in [4.78, 5) is 22.3. The lowest BCUT2D eigenvalue weighted by atomic mass is 10.1. The van der Waals surface area contributed by atoms with Gasteiger partial charge in [-0.05, 0) is 24.6 Å². The molecule has 25 heavy (non-hydrogen) atoms. The minimum atomic E-state index is 0.101. The van der Waals surface area contributed by atoms with E-state index in [4.69, 9.17) is 9.47 Å². The van der Waals surface area contributed by atoms with E-state index < -0.39 is 0 Å². The molecule has 2 heterocycles. The van der Waals surface area contributed by atoms with E-state index in [1.807, 2.05) is 36.1 Å². The van der Waals surface area contributed by atoms with Crippen LogP contribution in [-0.2, 0) is 11.2 Å². The lowest BCUT2D eigenvalue weighted by Gasteiger charge is -2.32. The van der Waals surface area contributed by atoms with Gasteiger partial charge in [-0.25, -0.2) is 9.97 Å². The predicted octanol–water partition coefficient (Wildman–Crippen LogP) is 2.49. The van der Waals surface area contributed by atoms with Crippen molar-refractivity contribution in [2.45, 2.75) is 32.3 Å². The summed E-state index contributed by atoms with van der Waals surface area (Å²) in [6, 6.07) is 9.48. The first-order chi connectivity index (χ1) is 12.2. The third-order valence-corrected chi connectivity index (χ3v) is 4.23. The number of rotatable bonds is 6. The van der Waals surface area contributed by atoms with Gasteiger partial charge in [-0.2, -0.15) is 0 Å². The van der Waals surface area contributed by atoms with E-state index in [2.05, 4.69) is 9.97 Å². The minimum Gasteiger partial charge on any atom is -0.494 e. The maximum atomic E-state index is 12.5. The second-order valence-corrected chi connectivity index (χ2v) is 6.00. The molecule has 0 N–H and O–H groups in total. The van der Waals surface area contributed by atoms with E-state index in [0.717, 1.165) is 24.2 Å². The van der Waals surface area contributed by atoms with Crippen molar-refractivity contribution in [3.63, 3.8) is 0 Å². The first kappa shape index (κ1) is 17.2. The molecule has 0 spiro atoms. The molecule has 1 saturated heterocycles. The number of amides is 1. The average Bonchev–Trinajstić information content (AvgIpc) is 2.65. The van der Waals surface area contributed by atoms with Gasteiger partial charge in [0.25, 0.3) is 0 Å². The molecule has 132 valence electrons. The Bertz CT molecular complexity index is 668. The Balaban J connectivity index is 1.46. The van der Waals surface area contributed by atoms with Gasteiger partial charge in [-0.3, -0.25) is 4.79 Å². The molecule has 2 aromatic rings. The first-order valence-corrected chi connectivity index (χ1v) is 8.67. The molecule has 1 aromatic heterocycles. The molecule has 0 saturated carbocycles. The molecule has 0 bridgehead atoms. The van der Waals surface area contributed by atoms with Crippen molar-refractivity contribution >= 4 is 5.91 Å². The van der Waals surface area contributed by atoms with Crippen molar-refractivity contribution < 1.29 is 14.3 Å². The van der Waals surface area contributed by atoms with E-state index in [-0.39, 0.29) is 12.0 Å². The molecule has 1 amide bonds. The molecule has 0 aliphatic carbocycles.